The maximum atomic E-state index is 12.3. The number of aliphatic carboxylic acids is 1. The number of carbonyl (C=O) groups is 2. The highest BCUT2D eigenvalue weighted by atomic mass is 16.4. The van der Waals surface area contributed by atoms with E-state index in [1.165, 1.54) is 12.8 Å². The van der Waals surface area contributed by atoms with E-state index in [1.54, 1.807) is 0 Å². The summed E-state index contributed by atoms with van der Waals surface area (Å²) in [6.07, 6.45) is 6.79. The Morgan fingerprint density at radius 1 is 1.15 bits per heavy atom. The van der Waals surface area contributed by atoms with Gasteiger partial charge in [-0.15, -0.1) is 0 Å². The zero-order valence-corrected chi connectivity index (χ0v) is 12.5. The molecule has 0 saturated heterocycles. The van der Waals surface area contributed by atoms with Crippen LogP contribution in [0.25, 0.3) is 0 Å². The molecule has 0 aliphatic heterocycles. The van der Waals surface area contributed by atoms with Crippen LogP contribution in [0.1, 0.15) is 44.9 Å². The monoisotopic (exact) mass is 282 g/mol. The molecular weight excluding hydrogens is 256 g/mol. The lowest BCUT2D eigenvalue weighted by molar-refractivity contribution is -0.146. The third-order valence-electron chi connectivity index (χ3n) is 5.24. The van der Waals surface area contributed by atoms with Crippen LogP contribution in [0.5, 0.6) is 0 Å². The molecule has 2 fully saturated rings. The number of hydrogen-bond acceptors (Lipinski definition) is 3. The van der Waals surface area contributed by atoms with Crippen LogP contribution >= 0.6 is 0 Å². The molecule has 1 amide bonds. The summed E-state index contributed by atoms with van der Waals surface area (Å²) in [5.74, 6) is -1.73. The fraction of sp³-hybridized carbons (Fsp3) is 0.867. The molecule has 5 nitrogen and oxygen atoms in total. The van der Waals surface area contributed by atoms with Gasteiger partial charge in [0.2, 0.25) is 5.91 Å². The van der Waals surface area contributed by atoms with E-state index in [-0.39, 0.29) is 17.4 Å². The summed E-state index contributed by atoms with van der Waals surface area (Å²) in [7, 11) is 4.13. The van der Waals surface area contributed by atoms with E-state index in [2.05, 4.69) is 24.3 Å². The van der Waals surface area contributed by atoms with Gasteiger partial charge in [-0.1, -0.05) is 19.3 Å². The second-order valence-electron chi connectivity index (χ2n) is 6.53. The van der Waals surface area contributed by atoms with Gasteiger partial charge in [-0.05, 0) is 39.8 Å². The van der Waals surface area contributed by atoms with E-state index < -0.39 is 11.9 Å². The average molecular weight is 282 g/mol. The van der Waals surface area contributed by atoms with Gasteiger partial charge < -0.3 is 15.3 Å². The molecule has 2 rings (SSSR count). The zero-order chi connectivity index (χ0) is 14.8. The van der Waals surface area contributed by atoms with Gasteiger partial charge in [-0.25, -0.2) is 0 Å². The Kier molecular flexibility index (Phi) is 4.68. The molecule has 20 heavy (non-hydrogen) atoms. The fourth-order valence-corrected chi connectivity index (χ4v) is 3.77. The van der Waals surface area contributed by atoms with Gasteiger partial charge in [0, 0.05) is 12.1 Å². The van der Waals surface area contributed by atoms with Gasteiger partial charge in [0.25, 0.3) is 0 Å². The first-order chi connectivity index (χ1) is 9.46. The molecule has 114 valence electrons. The summed E-state index contributed by atoms with van der Waals surface area (Å²) in [6, 6.07) is 0. The van der Waals surface area contributed by atoms with Gasteiger partial charge in [0.05, 0.1) is 11.8 Å². The van der Waals surface area contributed by atoms with E-state index in [0.717, 1.165) is 19.3 Å². The minimum absolute atomic E-state index is 0.0625. The van der Waals surface area contributed by atoms with Crippen molar-refractivity contribution in [2.75, 3.05) is 20.6 Å². The highest BCUT2D eigenvalue weighted by Crippen LogP contribution is 2.34. The molecule has 5 heteroatoms. The molecule has 0 bridgehead atoms. The number of rotatable bonds is 5. The molecule has 0 radical (unpaired) electrons. The number of nitrogens with zero attached hydrogens (tertiary/aromatic N) is 1. The van der Waals surface area contributed by atoms with E-state index in [1.807, 2.05) is 0 Å². The van der Waals surface area contributed by atoms with Crippen molar-refractivity contribution in [1.82, 2.24) is 10.2 Å². The highest BCUT2D eigenvalue weighted by molar-refractivity contribution is 5.85. The van der Waals surface area contributed by atoms with E-state index in [0.29, 0.717) is 19.4 Å². The van der Waals surface area contributed by atoms with Crippen molar-refractivity contribution >= 4 is 11.9 Å². The van der Waals surface area contributed by atoms with Gasteiger partial charge in [0.1, 0.15) is 0 Å². The number of hydrogen-bond donors (Lipinski definition) is 2. The molecule has 0 aromatic rings. The predicted octanol–water partition coefficient (Wildman–Crippen LogP) is 1.48. The third-order valence-corrected chi connectivity index (χ3v) is 5.24. The second-order valence-corrected chi connectivity index (χ2v) is 6.53. The Hall–Kier alpha value is -1.10. The molecule has 0 aromatic carbocycles. The van der Waals surface area contributed by atoms with Crippen molar-refractivity contribution in [1.29, 1.82) is 0 Å². The number of carboxylic acids is 1. The summed E-state index contributed by atoms with van der Waals surface area (Å²) in [5, 5.41) is 12.2. The van der Waals surface area contributed by atoms with Gasteiger partial charge in [-0.3, -0.25) is 9.59 Å². The van der Waals surface area contributed by atoms with Crippen molar-refractivity contribution in [2.24, 2.45) is 11.8 Å². The zero-order valence-electron chi connectivity index (χ0n) is 12.5. The molecule has 0 aromatic heterocycles. The second kappa shape index (κ2) is 6.12. The summed E-state index contributed by atoms with van der Waals surface area (Å²) >= 11 is 0. The summed E-state index contributed by atoms with van der Waals surface area (Å²) in [5.41, 5.74) is 0.0625. The number of carbonyl (C=O) groups excluding carboxylic acids is 1. The van der Waals surface area contributed by atoms with Crippen LogP contribution in [0.3, 0.4) is 0 Å². The Labute approximate surface area is 120 Å². The molecule has 0 heterocycles. The maximum absolute atomic E-state index is 12.3. The van der Waals surface area contributed by atoms with Crippen molar-refractivity contribution in [3.63, 3.8) is 0 Å². The first-order valence-corrected chi connectivity index (χ1v) is 7.64. The normalized spacial score (nSPS) is 28.8. The smallest absolute Gasteiger partial charge is 0.307 e. The van der Waals surface area contributed by atoms with Gasteiger partial charge in [0.15, 0.2) is 0 Å². The Morgan fingerprint density at radius 3 is 2.30 bits per heavy atom. The van der Waals surface area contributed by atoms with Gasteiger partial charge in [-0.2, -0.15) is 0 Å². The molecule has 2 unspecified atom stereocenters. The van der Waals surface area contributed by atoms with Crippen molar-refractivity contribution in [3.05, 3.63) is 0 Å². The molecule has 2 N–H and O–H groups in total. The topological polar surface area (TPSA) is 69.6 Å². The van der Waals surface area contributed by atoms with Crippen LogP contribution in [0.15, 0.2) is 0 Å². The third kappa shape index (κ3) is 2.97. The van der Waals surface area contributed by atoms with Crippen LogP contribution in [0.4, 0.5) is 0 Å². The number of carboxylic acid groups (broad SMARTS) is 1. The maximum Gasteiger partial charge on any atom is 0.307 e. The summed E-state index contributed by atoms with van der Waals surface area (Å²) in [6.45, 7) is 0.641. The standard InChI is InChI=1S/C15H26N2O3/c1-17(2)15(8-3-4-9-15)10-16-13(18)11-6-5-7-12(11)14(19)20/h11-12H,3-10H2,1-2H3,(H,16,18)(H,19,20). The van der Waals surface area contributed by atoms with Crippen LogP contribution in [-0.4, -0.2) is 48.1 Å². The van der Waals surface area contributed by atoms with Crippen LogP contribution in [-0.2, 0) is 9.59 Å². The lowest BCUT2D eigenvalue weighted by Gasteiger charge is -2.37. The van der Waals surface area contributed by atoms with Crippen LogP contribution in [0.2, 0.25) is 0 Å². The quantitative estimate of drug-likeness (QED) is 0.801. The van der Waals surface area contributed by atoms with E-state index >= 15 is 0 Å². The minimum Gasteiger partial charge on any atom is -0.481 e. The summed E-state index contributed by atoms with van der Waals surface area (Å²) in [4.78, 5) is 25.7. The highest BCUT2D eigenvalue weighted by Gasteiger charge is 2.40. The molecule has 2 atom stereocenters. The van der Waals surface area contributed by atoms with Gasteiger partial charge >= 0.3 is 5.97 Å². The minimum atomic E-state index is -0.828. The Bertz CT molecular complexity index is 375. The van der Waals surface area contributed by atoms with Crippen molar-refractivity contribution < 1.29 is 14.7 Å². The van der Waals surface area contributed by atoms with Crippen LogP contribution in [0, 0.1) is 11.8 Å². The molecular formula is C15H26N2O3. The summed E-state index contributed by atoms with van der Waals surface area (Å²) < 4.78 is 0. The van der Waals surface area contributed by atoms with E-state index in [9.17, 15) is 9.59 Å². The van der Waals surface area contributed by atoms with E-state index in [4.69, 9.17) is 5.11 Å². The molecule has 0 spiro atoms. The Balaban J connectivity index is 1.93. The molecule has 2 aliphatic carbocycles. The predicted molar refractivity (Wildman–Crippen MR) is 76.4 cm³/mol. The first kappa shape index (κ1) is 15.3. The van der Waals surface area contributed by atoms with Crippen LogP contribution < -0.4 is 5.32 Å². The lowest BCUT2D eigenvalue weighted by Crippen LogP contribution is -2.52. The average Bonchev–Trinajstić information content (AvgIpc) is 3.05. The van der Waals surface area contributed by atoms with Crippen molar-refractivity contribution in [2.45, 2.75) is 50.5 Å². The number of nitrogens with one attached hydrogen (secondary N) is 1. The largest absolute Gasteiger partial charge is 0.481 e. The lowest BCUT2D eigenvalue weighted by atomic mass is 9.93. The number of amides is 1. The fourth-order valence-electron chi connectivity index (χ4n) is 3.77. The first-order valence-electron chi connectivity index (χ1n) is 7.64. The number of likely N-dealkylation sites (N-methyl/N-ethyl adjacent to an activating group) is 1. The molecule has 2 aliphatic rings. The SMILES string of the molecule is CN(C)C1(CNC(=O)C2CCCC2C(=O)O)CCCC1. The molecule has 2 saturated carbocycles. The Morgan fingerprint density at radius 2 is 1.75 bits per heavy atom. The van der Waals surface area contributed by atoms with Crippen molar-refractivity contribution in [3.8, 4) is 0 Å².